The third kappa shape index (κ3) is 2.86. The number of urea groups is 1. The number of anilines is 2. The number of carbonyl (C=O) groups excluding carboxylic acids is 1. The van der Waals surface area contributed by atoms with Crippen LogP contribution in [0.4, 0.5) is 16.2 Å². The number of aryl methyl sites for hydroxylation is 1. The zero-order chi connectivity index (χ0) is 18.6. The number of benzene rings is 2. The second-order valence-electron chi connectivity index (χ2n) is 6.67. The molecule has 4 rings (SSSR count). The van der Waals surface area contributed by atoms with E-state index in [1.165, 1.54) is 4.90 Å². The molecule has 2 atom stereocenters. The number of hydrogen-bond donors (Lipinski definition) is 0. The van der Waals surface area contributed by atoms with E-state index in [4.69, 9.17) is 23.2 Å². The van der Waals surface area contributed by atoms with Gasteiger partial charge in [0.2, 0.25) is 0 Å². The number of amides is 2. The molecule has 0 N–H and O–H groups in total. The SMILES string of the molecule is Cc1cccc(N2C(=O)N(c3ccc(Cl)c(Cl)c3)[C@@H]3CS(=O)(=O)C[C@@H]32)c1. The van der Waals surface area contributed by atoms with E-state index >= 15 is 0 Å². The van der Waals surface area contributed by atoms with Crippen molar-refractivity contribution in [1.29, 1.82) is 0 Å². The molecule has 2 amide bonds. The summed E-state index contributed by atoms with van der Waals surface area (Å²) in [6.45, 7) is 1.93. The maximum atomic E-state index is 13.2. The summed E-state index contributed by atoms with van der Waals surface area (Å²) in [5.74, 6) is -0.110. The molecule has 26 heavy (non-hydrogen) atoms. The molecule has 136 valence electrons. The fourth-order valence-electron chi connectivity index (χ4n) is 3.72. The fourth-order valence-corrected chi connectivity index (χ4v) is 5.93. The van der Waals surface area contributed by atoms with Crippen molar-refractivity contribution >= 4 is 50.4 Å². The molecule has 2 aliphatic rings. The van der Waals surface area contributed by atoms with Crippen LogP contribution in [0, 0.1) is 6.92 Å². The topological polar surface area (TPSA) is 57.7 Å². The van der Waals surface area contributed by atoms with E-state index in [0.29, 0.717) is 21.4 Å². The third-order valence-electron chi connectivity index (χ3n) is 4.83. The molecule has 2 aliphatic heterocycles. The van der Waals surface area contributed by atoms with Gasteiger partial charge in [-0.1, -0.05) is 35.3 Å². The van der Waals surface area contributed by atoms with E-state index in [0.717, 1.165) is 5.56 Å². The van der Waals surface area contributed by atoms with Crippen molar-refractivity contribution in [2.24, 2.45) is 0 Å². The first-order valence-corrected chi connectivity index (χ1v) is 10.7. The minimum atomic E-state index is -3.23. The number of hydrogen-bond acceptors (Lipinski definition) is 3. The van der Waals surface area contributed by atoms with Crippen LogP contribution in [0.5, 0.6) is 0 Å². The molecular weight excluding hydrogens is 395 g/mol. The Morgan fingerprint density at radius 2 is 1.54 bits per heavy atom. The Labute approximate surface area is 162 Å². The highest BCUT2D eigenvalue weighted by Gasteiger charge is 2.54. The average Bonchev–Trinajstić information content (AvgIpc) is 2.99. The van der Waals surface area contributed by atoms with Crippen molar-refractivity contribution in [3.63, 3.8) is 0 Å². The van der Waals surface area contributed by atoms with Crippen LogP contribution >= 0.6 is 23.2 Å². The van der Waals surface area contributed by atoms with E-state index in [9.17, 15) is 13.2 Å². The Bertz CT molecular complexity index is 1010. The highest BCUT2D eigenvalue weighted by atomic mass is 35.5. The number of halogens is 2. The Morgan fingerprint density at radius 3 is 2.12 bits per heavy atom. The monoisotopic (exact) mass is 410 g/mol. The quantitative estimate of drug-likeness (QED) is 0.704. The van der Waals surface area contributed by atoms with Gasteiger partial charge >= 0.3 is 6.03 Å². The van der Waals surface area contributed by atoms with Crippen LogP contribution in [0.25, 0.3) is 0 Å². The average molecular weight is 411 g/mol. The van der Waals surface area contributed by atoms with Crippen LogP contribution in [0.2, 0.25) is 10.0 Å². The summed E-state index contributed by atoms with van der Waals surface area (Å²) in [6, 6.07) is 11.3. The van der Waals surface area contributed by atoms with Gasteiger partial charge in [0.05, 0.1) is 33.6 Å². The lowest BCUT2D eigenvalue weighted by atomic mass is 10.1. The normalized spacial score (nSPS) is 24.2. The lowest BCUT2D eigenvalue weighted by molar-refractivity contribution is 0.255. The predicted octanol–water partition coefficient (Wildman–Crippen LogP) is 3.91. The van der Waals surface area contributed by atoms with Crippen molar-refractivity contribution in [1.82, 2.24) is 0 Å². The fraction of sp³-hybridized carbons (Fsp3) is 0.278. The molecule has 0 aliphatic carbocycles. The molecule has 2 aromatic rings. The standard InChI is InChI=1S/C18H16Cl2N2O3S/c1-11-3-2-4-12(7-11)21-16-9-26(24,25)10-17(16)22(18(21)23)13-5-6-14(19)15(20)8-13/h2-8,16-17H,9-10H2,1H3/t16-,17+/m0/s1. The summed E-state index contributed by atoms with van der Waals surface area (Å²) in [7, 11) is -3.23. The molecule has 0 spiro atoms. The lowest BCUT2D eigenvalue weighted by Gasteiger charge is -2.23. The maximum Gasteiger partial charge on any atom is 0.329 e. The second-order valence-corrected chi connectivity index (χ2v) is 9.64. The molecule has 0 aromatic heterocycles. The molecule has 8 heteroatoms. The molecule has 2 saturated heterocycles. The van der Waals surface area contributed by atoms with Crippen molar-refractivity contribution < 1.29 is 13.2 Å². The first-order valence-electron chi connectivity index (χ1n) is 8.11. The summed E-state index contributed by atoms with van der Waals surface area (Å²) in [5.41, 5.74) is 2.25. The first-order chi connectivity index (χ1) is 12.3. The van der Waals surface area contributed by atoms with Crippen LogP contribution < -0.4 is 9.80 Å². The molecule has 2 fully saturated rings. The van der Waals surface area contributed by atoms with Crippen molar-refractivity contribution in [3.8, 4) is 0 Å². The van der Waals surface area contributed by atoms with Gasteiger partial charge in [0.25, 0.3) is 0 Å². The van der Waals surface area contributed by atoms with Crippen LogP contribution in [0.3, 0.4) is 0 Å². The summed E-state index contributed by atoms with van der Waals surface area (Å²) < 4.78 is 24.6. The Kier molecular flexibility index (Phi) is 4.17. The van der Waals surface area contributed by atoms with E-state index in [-0.39, 0.29) is 17.5 Å². The molecule has 5 nitrogen and oxygen atoms in total. The van der Waals surface area contributed by atoms with Crippen LogP contribution in [0.15, 0.2) is 42.5 Å². The van der Waals surface area contributed by atoms with Crippen molar-refractivity contribution in [3.05, 3.63) is 58.1 Å². The molecular formula is C18H16Cl2N2O3S. The summed E-state index contributed by atoms with van der Waals surface area (Å²) >= 11 is 12.1. The minimum absolute atomic E-state index is 0.0465. The number of nitrogens with zero attached hydrogens (tertiary/aromatic N) is 2. The van der Waals surface area contributed by atoms with Crippen molar-refractivity contribution in [2.75, 3.05) is 21.3 Å². The number of carbonyl (C=O) groups is 1. The number of rotatable bonds is 2. The van der Waals surface area contributed by atoms with Crippen LogP contribution in [-0.4, -0.2) is 38.0 Å². The van der Waals surface area contributed by atoms with Crippen molar-refractivity contribution in [2.45, 2.75) is 19.0 Å². The Morgan fingerprint density at radius 1 is 0.923 bits per heavy atom. The van der Waals surface area contributed by atoms with E-state index < -0.39 is 21.9 Å². The smallest absolute Gasteiger partial charge is 0.288 e. The first kappa shape index (κ1) is 17.6. The second kappa shape index (κ2) is 6.15. The zero-order valence-electron chi connectivity index (χ0n) is 13.9. The third-order valence-corrected chi connectivity index (χ3v) is 7.27. The lowest BCUT2D eigenvalue weighted by Crippen LogP contribution is -2.37. The van der Waals surface area contributed by atoms with Gasteiger partial charge in [-0.05, 0) is 42.8 Å². The maximum absolute atomic E-state index is 13.2. The van der Waals surface area contributed by atoms with E-state index in [1.54, 1.807) is 23.1 Å². The molecule has 0 saturated carbocycles. The van der Waals surface area contributed by atoms with E-state index in [2.05, 4.69) is 0 Å². The molecule has 0 unspecified atom stereocenters. The molecule has 0 radical (unpaired) electrons. The largest absolute Gasteiger partial charge is 0.329 e. The van der Waals surface area contributed by atoms with Crippen LogP contribution in [0.1, 0.15) is 5.56 Å². The van der Waals surface area contributed by atoms with Gasteiger partial charge in [-0.3, -0.25) is 9.80 Å². The van der Waals surface area contributed by atoms with Gasteiger partial charge in [0.1, 0.15) is 0 Å². The predicted molar refractivity (Wildman–Crippen MR) is 104 cm³/mol. The Balaban J connectivity index is 1.82. The molecule has 0 bridgehead atoms. The molecule has 2 aromatic carbocycles. The van der Waals surface area contributed by atoms with Gasteiger partial charge in [0.15, 0.2) is 9.84 Å². The highest BCUT2D eigenvalue weighted by molar-refractivity contribution is 7.91. The van der Waals surface area contributed by atoms with E-state index in [1.807, 2.05) is 31.2 Å². The number of fused-ring (bicyclic) bond motifs is 1. The Hall–Kier alpha value is -1.76. The zero-order valence-corrected chi connectivity index (χ0v) is 16.2. The highest BCUT2D eigenvalue weighted by Crippen LogP contribution is 2.39. The van der Waals surface area contributed by atoms with Gasteiger partial charge < -0.3 is 0 Å². The summed E-state index contributed by atoms with van der Waals surface area (Å²) in [5, 5.41) is 0.705. The van der Waals surface area contributed by atoms with Crippen LogP contribution in [-0.2, 0) is 9.84 Å². The minimum Gasteiger partial charge on any atom is -0.288 e. The summed E-state index contributed by atoms with van der Waals surface area (Å²) in [6.07, 6.45) is 0. The van der Waals surface area contributed by atoms with Gasteiger partial charge in [0, 0.05) is 11.4 Å². The van der Waals surface area contributed by atoms with Gasteiger partial charge in [-0.25, -0.2) is 13.2 Å². The van der Waals surface area contributed by atoms with Gasteiger partial charge in [-0.2, -0.15) is 0 Å². The molecule has 2 heterocycles. The van der Waals surface area contributed by atoms with Gasteiger partial charge in [-0.15, -0.1) is 0 Å². The summed E-state index contributed by atoms with van der Waals surface area (Å²) in [4.78, 5) is 16.3. The number of sulfone groups is 1.